The van der Waals surface area contributed by atoms with Gasteiger partial charge in [0.05, 0.1) is 17.3 Å². The first-order chi connectivity index (χ1) is 24.7. The van der Waals surface area contributed by atoms with E-state index in [2.05, 4.69) is 27.2 Å². The van der Waals surface area contributed by atoms with Gasteiger partial charge in [0.2, 0.25) is 15.9 Å². The molecule has 0 aromatic heterocycles. The van der Waals surface area contributed by atoms with Crippen LogP contribution in [-0.2, 0) is 29.2 Å². The number of carbonyl (C=O) groups is 4. The summed E-state index contributed by atoms with van der Waals surface area (Å²) in [5, 5.41) is 7.83. The van der Waals surface area contributed by atoms with Crippen LogP contribution in [0.3, 0.4) is 0 Å². The first-order valence-corrected chi connectivity index (χ1v) is 19.3. The van der Waals surface area contributed by atoms with E-state index in [1.807, 2.05) is 48.5 Å². The summed E-state index contributed by atoms with van der Waals surface area (Å²) in [5.41, 5.74) is 4.48. The summed E-state index contributed by atoms with van der Waals surface area (Å²) < 4.78 is 33.0. The fourth-order valence-corrected chi connectivity index (χ4v) is 8.32. The third kappa shape index (κ3) is 6.73. The van der Waals surface area contributed by atoms with E-state index in [1.54, 1.807) is 20.8 Å². The number of hydrogen-bond donors (Lipinski definition) is 3. The van der Waals surface area contributed by atoms with Crippen LogP contribution in [-0.4, -0.2) is 89.1 Å². The van der Waals surface area contributed by atoms with Crippen LogP contribution >= 0.6 is 0 Å². The van der Waals surface area contributed by atoms with Gasteiger partial charge in [-0.15, -0.1) is 6.58 Å². The molecule has 2 unspecified atom stereocenters. The number of likely N-dealkylation sites (tertiary alicyclic amines) is 1. The van der Waals surface area contributed by atoms with Gasteiger partial charge in [-0.3, -0.25) is 14.3 Å². The molecule has 2 aromatic carbocycles. The van der Waals surface area contributed by atoms with Gasteiger partial charge in [-0.1, -0.05) is 59.8 Å². The van der Waals surface area contributed by atoms with E-state index >= 15 is 0 Å². The monoisotopic (exact) mass is 732 g/mol. The number of benzene rings is 2. The standard InChI is InChI=1S/C37H44N6O8S/c1-5-22-20-37(22,33(45)41-52(48,49)25-17-18-25)38-32(44)30-19-24(51-40-31-28-15-8-6-13-26(28)27-14-7-9-16-29(27)31)21-42(30)35(47)43(36(2,3)4)39-34(46)50-23-11-10-12-23/h5-9,13-16,22-25,30H,1,10-12,17-21H2,2-4H3,(H,38,44)(H,39,46)(H,41,45)/t22-,24?,30+,37?/m1/s1. The van der Waals surface area contributed by atoms with Gasteiger partial charge in [0.15, 0.2) is 0 Å². The van der Waals surface area contributed by atoms with Crippen LogP contribution in [0.1, 0.15) is 76.8 Å². The minimum Gasteiger partial charge on any atom is -0.445 e. The topological polar surface area (TPSA) is 176 Å². The Morgan fingerprint density at radius 3 is 2.10 bits per heavy atom. The molecule has 14 nitrogen and oxygen atoms in total. The summed E-state index contributed by atoms with van der Waals surface area (Å²) in [6.45, 7) is 8.88. The van der Waals surface area contributed by atoms with Gasteiger partial charge in [-0.05, 0) is 70.4 Å². The molecular weight excluding hydrogens is 689 g/mol. The van der Waals surface area contributed by atoms with Gasteiger partial charge in [0, 0.05) is 23.5 Å². The summed E-state index contributed by atoms with van der Waals surface area (Å²) in [6.07, 6.45) is 3.22. The van der Waals surface area contributed by atoms with Crippen LogP contribution in [0.15, 0.2) is 66.3 Å². The number of nitrogens with zero attached hydrogens (tertiary/aromatic N) is 3. The third-order valence-corrected chi connectivity index (χ3v) is 12.2. The Balaban J connectivity index is 1.16. The number of hydrogen-bond acceptors (Lipinski definition) is 9. The molecule has 2 aromatic rings. The highest BCUT2D eigenvalue weighted by Crippen LogP contribution is 2.45. The number of rotatable bonds is 9. The second kappa shape index (κ2) is 13.2. The molecule has 276 valence electrons. The lowest BCUT2D eigenvalue weighted by Crippen LogP contribution is -2.63. The van der Waals surface area contributed by atoms with Crippen molar-refractivity contribution in [3.63, 3.8) is 0 Å². The SMILES string of the molecule is C=C[C@@H]1CC1(NC(=O)[C@@H]1CC(ON=C2c3ccccc3-c3ccccc32)CN1C(=O)N(NC(=O)OC1CCC1)C(C)(C)C)C(=O)NS(=O)(=O)C1CC1. The number of fused-ring (bicyclic) bond motifs is 3. The van der Waals surface area contributed by atoms with Crippen molar-refractivity contribution in [1.29, 1.82) is 0 Å². The lowest BCUT2D eigenvalue weighted by atomic mass is 9.96. The van der Waals surface area contributed by atoms with Crippen LogP contribution < -0.4 is 15.5 Å². The van der Waals surface area contributed by atoms with E-state index in [1.165, 1.54) is 11.0 Å². The van der Waals surface area contributed by atoms with E-state index in [0.29, 0.717) is 18.6 Å². The molecule has 4 atom stereocenters. The molecule has 5 amide bonds. The van der Waals surface area contributed by atoms with Crippen molar-refractivity contribution in [3.05, 3.63) is 72.3 Å². The zero-order valence-corrected chi connectivity index (χ0v) is 30.3. The number of sulfonamides is 1. The molecule has 1 aliphatic heterocycles. The van der Waals surface area contributed by atoms with Gasteiger partial charge < -0.3 is 19.8 Å². The number of ether oxygens (including phenoxy) is 1. The van der Waals surface area contributed by atoms with E-state index in [9.17, 15) is 27.6 Å². The third-order valence-electron chi connectivity index (χ3n) is 10.4. The van der Waals surface area contributed by atoms with Crippen LogP contribution in [0.4, 0.5) is 9.59 Å². The average Bonchev–Trinajstić information content (AvgIpc) is 4.00. The molecule has 0 bridgehead atoms. The summed E-state index contributed by atoms with van der Waals surface area (Å²) in [5.74, 6) is -2.05. The Bertz CT molecular complexity index is 1900. The number of hydrazine groups is 1. The molecule has 1 saturated heterocycles. The van der Waals surface area contributed by atoms with Crippen molar-refractivity contribution < 1.29 is 37.2 Å². The van der Waals surface area contributed by atoms with Crippen LogP contribution in [0.25, 0.3) is 11.1 Å². The van der Waals surface area contributed by atoms with E-state index < -0.39 is 68.4 Å². The van der Waals surface area contributed by atoms with E-state index in [0.717, 1.165) is 46.5 Å². The first-order valence-electron chi connectivity index (χ1n) is 17.7. The maximum Gasteiger partial charge on any atom is 0.426 e. The summed E-state index contributed by atoms with van der Waals surface area (Å²) in [7, 11) is -3.90. The second-order valence-electron chi connectivity index (χ2n) is 15.2. The Morgan fingerprint density at radius 2 is 1.58 bits per heavy atom. The lowest BCUT2D eigenvalue weighted by Gasteiger charge is -2.39. The Morgan fingerprint density at radius 1 is 0.962 bits per heavy atom. The normalized spacial score (nSPS) is 24.8. The predicted octanol–water partition coefficient (Wildman–Crippen LogP) is 3.96. The van der Waals surface area contributed by atoms with Gasteiger partial charge in [-0.2, -0.15) is 0 Å². The Kier molecular flexibility index (Phi) is 9.04. The van der Waals surface area contributed by atoms with Crippen LogP contribution in [0.5, 0.6) is 0 Å². The number of nitrogens with one attached hydrogen (secondary N) is 3. The van der Waals surface area contributed by atoms with Crippen LogP contribution in [0, 0.1) is 5.92 Å². The largest absolute Gasteiger partial charge is 0.445 e. The maximum atomic E-state index is 14.4. The number of amides is 5. The van der Waals surface area contributed by atoms with Crippen molar-refractivity contribution in [2.75, 3.05) is 6.54 Å². The highest BCUT2D eigenvalue weighted by molar-refractivity contribution is 7.91. The van der Waals surface area contributed by atoms with Crippen LogP contribution in [0.2, 0.25) is 0 Å². The molecule has 52 heavy (non-hydrogen) atoms. The lowest BCUT2D eigenvalue weighted by molar-refractivity contribution is -0.131. The number of oxime groups is 1. The number of carbonyl (C=O) groups excluding carboxylic acids is 4. The maximum absolute atomic E-state index is 14.4. The molecular formula is C37H44N6O8S. The van der Waals surface area contributed by atoms with Crippen molar-refractivity contribution in [1.82, 2.24) is 25.4 Å². The van der Waals surface area contributed by atoms with Crippen molar-refractivity contribution >= 4 is 39.7 Å². The molecule has 5 aliphatic rings. The van der Waals surface area contributed by atoms with E-state index in [4.69, 9.17) is 9.57 Å². The molecule has 3 saturated carbocycles. The first kappa shape index (κ1) is 35.5. The molecule has 4 fully saturated rings. The van der Waals surface area contributed by atoms with Gasteiger partial charge in [-0.25, -0.2) is 28.4 Å². The zero-order chi connectivity index (χ0) is 37.0. The minimum atomic E-state index is -3.90. The Labute approximate surface area is 303 Å². The molecule has 7 rings (SSSR count). The highest BCUT2D eigenvalue weighted by Gasteiger charge is 2.62. The van der Waals surface area contributed by atoms with Crippen molar-refractivity contribution in [2.24, 2.45) is 11.1 Å². The van der Waals surface area contributed by atoms with Gasteiger partial charge in [0.25, 0.3) is 5.91 Å². The fraction of sp³-hybridized carbons (Fsp3) is 0.486. The predicted molar refractivity (Wildman–Crippen MR) is 191 cm³/mol. The molecule has 0 spiro atoms. The molecule has 15 heteroatoms. The van der Waals surface area contributed by atoms with Gasteiger partial charge >= 0.3 is 12.1 Å². The Hall–Kier alpha value is -4.92. The average molecular weight is 733 g/mol. The molecule has 4 aliphatic carbocycles. The fourth-order valence-electron chi connectivity index (χ4n) is 6.96. The minimum absolute atomic E-state index is 0.00101. The van der Waals surface area contributed by atoms with Gasteiger partial charge in [0.1, 0.15) is 29.5 Å². The molecule has 3 N–H and O–H groups in total. The smallest absolute Gasteiger partial charge is 0.426 e. The summed E-state index contributed by atoms with van der Waals surface area (Å²) in [4.78, 5) is 62.4. The highest BCUT2D eigenvalue weighted by atomic mass is 32.2. The molecule has 1 heterocycles. The number of urea groups is 1. The van der Waals surface area contributed by atoms with E-state index in [-0.39, 0.29) is 25.5 Å². The quantitative estimate of drug-likeness (QED) is 0.219. The zero-order valence-electron chi connectivity index (χ0n) is 29.5. The second-order valence-corrected chi connectivity index (χ2v) is 17.2. The summed E-state index contributed by atoms with van der Waals surface area (Å²) >= 11 is 0. The van der Waals surface area contributed by atoms with Crippen molar-refractivity contribution in [3.8, 4) is 11.1 Å². The summed E-state index contributed by atoms with van der Waals surface area (Å²) in [6, 6.07) is 13.8. The van der Waals surface area contributed by atoms with Crippen molar-refractivity contribution in [2.45, 2.75) is 100 Å². The molecule has 0 radical (unpaired) electrons.